The lowest BCUT2D eigenvalue weighted by atomic mass is 10.2. The van der Waals surface area contributed by atoms with Crippen LogP contribution in [0.15, 0.2) is 53.4 Å². The van der Waals surface area contributed by atoms with E-state index in [9.17, 15) is 22.0 Å². The van der Waals surface area contributed by atoms with Gasteiger partial charge < -0.3 is 9.80 Å². The highest BCUT2D eigenvalue weighted by molar-refractivity contribution is 7.89. The minimum Gasteiger partial charge on any atom is -0.368 e. The van der Waals surface area contributed by atoms with Gasteiger partial charge in [-0.2, -0.15) is 0 Å². The zero-order valence-corrected chi connectivity index (χ0v) is 16.0. The molecule has 0 aromatic heterocycles. The molecule has 28 heavy (non-hydrogen) atoms. The summed E-state index contributed by atoms with van der Waals surface area (Å²) in [5.74, 6) is -0.949. The summed E-state index contributed by atoms with van der Waals surface area (Å²) in [5.41, 5.74) is 0.903. The summed E-state index contributed by atoms with van der Waals surface area (Å²) in [6.45, 7) is 2.25. The number of nitrogens with one attached hydrogen (secondary N) is 1. The summed E-state index contributed by atoms with van der Waals surface area (Å²) in [7, 11) is -3.78. The molecule has 1 saturated heterocycles. The SMILES string of the molecule is O=C(CCNS(=O)(=O)c1ccc(F)cc1)N1CCN(c2ccc(F)cc2)CC1. The maximum atomic E-state index is 13.0. The van der Waals surface area contributed by atoms with Gasteiger partial charge in [-0.1, -0.05) is 0 Å². The van der Waals surface area contributed by atoms with Gasteiger partial charge in [0.05, 0.1) is 4.90 Å². The minimum atomic E-state index is -3.78. The van der Waals surface area contributed by atoms with Crippen LogP contribution in [0.5, 0.6) is 0 Å². The van der Waals surface area contributed by atoms with Crippen LogP contribution in [0.3, 0.4) is 0 Å². The number of hydrogen-bond acceptors (Lipinski definition) is 4. The van der Waals surface area contributed by atoms with Crippen LogP contribution >= 0.6 is 0 Å². The molecule has 1 N–H and O–H groups in total. The van der Waals surface area contributed by atoms with Gasteiger partial charge in [-0.3, -0.25) is 4.79 Å². The number of halogens is 2. The molecule has 0 spiro atoms. The molecule has 2 aromatic rings. The first-order valence-electron chi connectivity index (χ1n) is 8.89. The van der Waals surface area contributed by atoms with Gasteiger partial charge in [-0.15, -0.1) is 0 Å². The highest BCUT2D eigenvalue weighted by Gasteiger charge is 2.22. The van der Waals surface area contributed by atoms with Gasteiger partial charge in [-0.25, -0.2) is 21.9 Å². The Morgan fingerprint density at radius 1 is 0.893 bits per heavy atom. The second-order valence-electron chi connectivity index (χ2n) is 6.45. The third kappa shape index (κ3) is 5.05. The van der Waals surface area contributed by atoms with E-state index in [1.807, 2.05) is 0 Å². The van der Waals surface area contributed by atoms with E-state index in [1.54, 1.807) is 17.0 Å². The molecule has 9 heteroatoms. The first-order valence-corrected chi connectivity index (χ1v) is 10.4. The molecule has 1 fully saturated rings. The normalized spacial score (nSPS) is 14.9. The van der Waals surface area contributed by atoms with E-state index in [0.29, 0.717) is 26.2 Å². The number of amides is 1. The number of sulfonamides is 1. The van der Waals surface area contributed by atoms with Crippen molar-refractivity contribution in [3.8, 4) is 0 Å². The van der Waals surface area contributed by atoms with E-state index in [-0.39, 0.29) is 29.6 Å². The number of nitrogens with zero attached hydrogens (tertiary/aromatic N) is 2. The molecule has 1 amide bonds. The molecule has 2 aromatic carbocycles. The maximum absolute atomic E-state index is 13.0. The second kappa shape index (κ2) is 8.66. The second-order valence-corrected chi connectivity index (χ2v) is 8.21. The van der Waals surface area contributed by atoms with Crippen LogP contribution in [-0.2, 0) is 14.8 Å². The summed E-state index contributed by atoms with van der Waals surface area (Å²) in [4.78, 5) is 16.0. The van der Waals surface area contributed by atoms with E-state index in [1.165, 1.54) is 24.3 Å². The van der Waals surface area contributed by atoms with Crippen LogP contribution in [0.25, 0.3) is 0 Å². The highest BCUT2D eigenvalue weighted by Crippen LogP contribution is 2.17. The van der Waals surface area contributed by atoms with Crippen LogP contribution in [0.2, 0.25) is 0 Å². The van der Waals surface area contributed by atoms with Crippen LogP contribution < -0.4 is 9.62 Å². The monoisotopic (exact) mass is 409 g/mol. The Balaban J connectivity index is 1.45. The molecule has 0 atom stereocenters. The summed E-state index contributed by atoms with van der Waals surface area (Å²) >= 11 is 0. The topological polar surface area (TPSA) is 69.7 Å². The van der Waals surface area contributed by atoms with E-state index in [2.05, 4.69) is 9.62 Å². The smallest absolute Gasteiger partial charge is 0.240 e. The predicted octanol–water partition coefficient (Wildman–Crippen LogP) is 1.98. The average Bonchev–Trinajstić information content (AvgIpc) is 2.69. The van der Waals surface area contributed by atoms with Crippen LogP contribution in [0.4, 0.5) is 14.5 Å². The molecule has 3 rings (SSSR count). The lowest BCUT2D eigenvalue weighted by Crippen LogP contribution is -2.49. The number of carbonyl (C=O) groups excluding carboxylic acids is 1. The van der Waals surface area contributed by atoms with Crippen molar-refractivity contribution in [2.24, 2.45) is 0 Å². The fourth-order valence-electron chi connectivity index (χ4n) is 3.01. The average molecular weight is 409 g/mol. The van der Waals surface area contributed by atoms with Crippen LogP contribution in [-0.4, -0.2) is 51.9 Å². The summed E-state index contributed by atoms with van der Waals surface area (Å²) in [6.07, 6.45) is 0.0387. The molecule has 1 aliphatic heterocycles. The van der Waals surface area contributed by atoms with E-state index < -0.39 is 15.8 Å². The summed E-state index contributed by atoms with van der Waals surface area (Å²) in [5, 5.41) is 0. The van der Waals surface area contributed by atoms with Crippen LogP contribution in [0, 0.1) is 11.6 Å². The quantitative estimate of drug-likeness (QED) is 0.792. The molecule has 1 heterocycles. The molecular weight excluding hydrogens is 388 g/mol. The van der Waals surface area contributed by atoms with Gasteiger partial charge in [-0.05, 0) is 48.5 Å². The molecular formula is C19H21F2N3O3S. The molecule has 0 aliphatic carbocycles. The summed E-state index contributed by atoms with van der Waals surface area (Å²) in [6, 6.07) is 10.7. The first-order chi connectivity index (χ1) is 13.3. The molecule has 6 nitrogen and oxygen atoms in total. The van der Waals surface area contributed by atoms with Gasteiger partial charge in [0.2, 0.25) is 15.9 Å². The largest absolute Gasteiger partial charge is 0.368 e. The van der Waals surface area contributed by atoms with Crippen molar-refractivity contribution >= 4 is 21.6 Å². The molecule has 0 saturated carbocycles. The Bertz CT molecular complexity index is 910. The lowest BCUT2D eigenvalue weighted by Gasteiger charge is -2.36. The van der Waals surface area contributed by atoms with E-state index in [4.69, 9.17) is 0 Å². The number of rotatable bonds is 6. The van der Waals surface area contributed by atoms with Crippen LogP contribution in [0.1, 0.15) is 6.42 Å². The van der Waals surface area contributed by atoms with Crippen molar-refractivity contribution in [2.75, 3.05) is 37.6 Å². The fraction of sp³-hybridized carbons (Fsp3) is 0.316. The van der Waals surface area contributed by atoms with Crippen molar-refractivity contribution < 1.29 is 22.0 Å². The Kier molecular flexibility index (Phi) is 6.25. The zero-order chi connectivity index (χ0) is 20.1. The summed E-state index contributed by atoms with van der Waals surface area (Å²) < 4.78 is 52.5. The molecule has 150 valence electrons. The van der Waals surface area contributed by atoms with E-state index in [0.717, 1.165) is 17.8 Å². The third-order valence-corrected chi connectivity index (χ3v) is 6.06. The van der Waals surface area contributed by atoms with Gasteiger partial charge in [0.25, 0.3) is 0 Å². The lowest BCUT2D eigenvalue weighted by molar-refractivity contribution is -0.131. The van der Waals surface area contributed by atoms with Crippen molar-refractivity contribution in [1.82, 2.24) is 9.62 Å². The highest BCUT2D eigenvalue weighted by atomic mass is 32.2. The maximum Gasteiger partial charge on any atom is 0.240 e. The van der Waals surface area contributed by atoms with Gasteiger partial charge >= 0.3 is 0 Å². The number of piperazine rings is 1. The zero-order valence-electron chi connectivity index (χ0n) is 15.1. The van der Waals surface area contributed by atoms with Gasteiger partial charge in [0.1, 0.15) is 11.6 Å². The third-order valence-electron chi connectivity index (χ3n) is 4.58. The Morgan fingerprint density at radius 3 is 2.00 bits per heavy atom. The Morgan fingerprint density at radius 2 is 1.43 bits per heavy atom. The molecule has 1 aliphatic rings. The van der Waals surface area contributed by atoms with Gasteiger partial charge in [0, 0.05) is 44.8 Å². The fourth-order valence-corrected chi connectivity index (χ4v) is 4.05. The Hall–Kier alpha value is -2.52. The van der Waals surface area contributed by atoms with Crippen molar-refractivity contribution in [3.63, 3.8) is 0 Å². The van der Waals surface area contributed by atoms with Crippen molar-refractivity contribution in [2.45, 2.75) is 11.3 Å². The van der Waals surface area contributed by atoms with E-state index >= 15 is 0 Å². The molecule has 0 bridgehead atoms. The standard InChI is InChI=1S/C19H21F2N3O3S/c20-15-1-5-17(6-2-15)23-11-13-24(14-12-23)19(25)9-10-22-28(26,27)18-7-3-16(21)4-8-18/h1-8,22H,9-14H2. The minimum absolute atomic E-state index is 0.0310. The van der Waals surface area contributed by atoms with Crippen molar-refractivity contribution in [3.05, 3.63) is 60.2 Å². The number of anilines is 1. The predicted molar refractivity (Wildman–Crippen MR) is 101 cm³/mol. The van der Waals surface area contributed by atoms with Gasteiger partial charge in [0.15, 0.2) is 0 Å². The molecule has 0 radical (unpaired) electrons. The Labute approximate surface area is 162 Å². The number of benzene rings is 2. The van der Waals surface area contributed by atoms with Crippen molar-refractivity contribution in [1.29, 1.82) is 0 Å². The first kappa shape index (κ1) is 20.2. The number of hydrogen-bond donors (Lipinski definition) is 1. The number of carbonyl (C=O) groups is 1. The molecule has 0 unspecified atom stereocenters.